The smallest absolute Gasteiger partial charge is 0.217 e. The van der Waals surface area contributed by atoms with Crippen LogP contribution in [-0.2, 0) is 128 Å². The number of carbonyl (C=O) groups is 6. The lowest BCUT2D eigenvalue weighted by Gasteiger charge is -2.52. The lowest BCUT2D eigenvalue weighted by Crippen LogP contribution is -2.72. The van der Waals surface area contributed by atoms with Gasteiger partial charge in [0.1, 0.15) is 256 Å². The van der Waals surface area contributed by atoms with Crippen LogP contribution in [0.2, 0.25) is 0 Å². The number of amides is 6. The number of hydrogen-bond donors (Lipinski definition) is 33. The summed E-state index contributed by atoms with van der Waals surface area (Å²) in [6.45, 7) is -2.15. The molecule has 55 atom stereocenters. The highest BCUT2D eigenvalue weighted by atomic mass is 16.8. The van der Waals surface area contributed by atoms with Crippen LogP contribution in [0.5, 0.6) is 0 Å². The molecular formula is C78H130N6O54. The Hall–Kier alpha value is -5.10. The number of ether oxygens (including phenoxy) is 21. The van der Waals surface area contributed by atoms with E-state index in [1.165, 1.54) is 13.8 Å². The van der Waals surface area contributed by atoms with Crippen LogP contribution < -0.4 is 31.9 Å². The third-order valence-corrected chi connectivity index (χ3v) is 25.3. The van der Waals surface area contributed by atoms with Crippen LogP contribution >= 0.6 is 0 Å². The second-order valence-corrected chi connectivity index (χ2v) is 35.3. The number of carbonyl (C=O) groups excluding carboxylic acids is 6. The summed E-state index contributed by atoms with van der Waals surface area (Å²) >= 11 is 0. The number of aliphatic hydroxyl groups excluding tert-OH is 27. The van der Waals surface area contributed by atoms with E-state index >= 15 is 0 Å². The van der Waals surface area contributed by atoms with Crippen molar-refractivity contribution in [2.24, 2.45) is 0 Å². The fourth-order valence-corrected chi connectivity index (χ4v) is 18.0. The summed E-state index contributed by atoms with van der Waals surface area (Å²) < 4.78 is 128. The summed E-state index contributed by atoms with van der Waals surface area (Å²) in [5.74, 6) is -5.62. The minimum Gasteiger partial charge on any atom is -0.394 e. The van der Waals surface area contributed by atoms with Gasteiger partial charge in [-0.05, 0) is 13.8 Å². The highest BCUT2D eigenvalue weighted by Crippen LogP contribution is 2.42. The van der Waals surface area contributed by atoms with Crippen LogP contribution in [0.3, 0.4) is 0 Å². The summed E-state index contributed by atoms with van der Waals surface area (Å²) in [6, 6.07) is -11.4. The molecule has 11 aliphatic rings. The SMILES string of the molecule is CC(=O)N[C@H]1[C@H](O[C@H]2[C@H](O)[C@@H](NC(C)=O)C(O)O[C@@H]2CO[C@@H]2O[C@@H](C)[C@@H](O)[C@@H](O)[C@@H]2O)O[C@H](CO)[C@@H](O[C@@H]2O[C@H](CO[C@H]3O[C@H](CO)[C@@H](O)[C@H](O)[C@@H]3O[C@@H]3O[C@H](CO)[C@@H](O[C@@H]4O[C@H](CO)[C@H](O)[C@H](O)[C@H]4NC(C)=O)[C@H](O)[C@H]3NC(C)=O)[C@@H](O)[C@H](O[C@H]3O[C@H](CO)[C@@H](O)[C@H](O)[C@@H]3O[C@@H]3O[C@H](CO)[C@@H](O[C@@H]4O[C@H](CO)[C@H](O)[C@H](O)[C@H]4NC(C)=O)[C@H](O[C@@H]4O[C@@H](C)[C@@H](O)[C@@H](O)[C@@H]4O)[C@H]3NC(C)=O)[C@@H]2O)[C@@H]1O. The molecule has 0 aliphatic carbocycles. The molecule has 0 radical (unpaired) electrons. The van der Waals surface area contributed by atoms with Gasteiger partial charge in [0, 0.05) is 41.5 Å². The average molecular weight is 2020 g/mol. The molecule has 11 rings (SSSR count). The molecule has 1 unspecified atom stereocenters. The first-order valence-electron chi connectivity index (χ1n) is 44.3. The maximum atomic E-state index is 13.7. The van der Waals surface area contributed by atoms with Crippen LogP contribution in [-0.4, -0.2) is 570 Å². The van der Waals surface area contributed by atoms with Crippen molar-refractivity contribution < 1.29 is 266 Å². The second-order valence-electron chi connectivity index (χ2n) is 35.3. The zero-order valence-electron chi connectivity index (χ0n) is 75.2. The summed E-state index contributed by atoms with van der Waals surface area (Å²) in [4.78, 5) is 78.0. The first-order valence-corrected chi connectivity index (χ1v) is 44.3. The van der Waals surface area contributed by atoms with Crippen LogP contribution in [0.1, 0.15) is 55.4 Å². The molecule has 60 nitrogen and oxygen atoms in total. The molecule has 796 valence electrons. The number of nitrogens with one attached hydrogen (secondary N) is 6. The van der Waals surface area contributed by atoms with E-state index in [9.17, 15) is 167 Å². The third-order valence-electron chi connectivity index (χ3n) is 25.3. The molecule has 11 heterocycles. The average Bonchev–Trinajstić information content (AvgIpc) is 0.758. The standard InChI is InChI=1S/C78H130N6O54/c1-18-41(98)53(110)57(114)74(120-18)118-17-34-62(50(107)35(68(117)122-34)79-20(3)92)132-71-38(82-23(6)95)52(109)61(31(14-90)127-71)133-76-59(116)65(47(104)33(130-76)16-119-77-66(55(112)45(102)28(11-87)125-77)137-72-39(83-24(7)96)51(108)60(30(13-89)128-72)131-69-36(80-21(4)93)48(105)43(100)26(9-85)123-69)136-78-67(56(113)46(103)29(12-88)126-78)138-73-40(84-25(8)97)64(135-75-58(115)54(111)42(99)19(2)121-75)63(32(15-91)129-73)134-70-37(81-22(5)94)49(106)44(101)27(10-86)124-70/h18-19,26-78,85-91,98-117H,9-17H2,1-8H3,(H,79,92)(H,80,93)(H,81,94)(H,82,95)(H,83,96)(H,84,97)/t18-,19-,26+,27+,28+,29+,30+,31+,32+,33+,34+,35+,36+,37+,38+,39+,40+,41+,42+,43-,44-,45+,46+,47+,48+,49+,50+,51+,52+,53+,54+,55-,56-,57-,58-,59-,60+,61+,62+,63+,64+,65-,66-,67-,68?,69-,70-,71-,72-,73-,74+,75-,76-,77-,78+/m0/s1. The van der Waals surface area contributed by atoms with Gasteiger partial charge in [-0.25, -0.2) is 0 Å². The van der Waals surface area contributed by atoms with Gasteiger partial charge in [-0.3, -0.25) is 28.8 Å². The molecule has 60 heteroatoms. The van der Waals surface area contributed by atoms with Crippen molar-refractivity contribution >= 4 is 35.4 Å². The Morgan fingerprint density at radius 2 is 0.471 bits per heavy atom. The molecule has 0 saturated carbocycles. The van der Waals surface area contributed by atoms with Crippen molar-refractivity contribution in [2.75, 3.05) is 59.5 Å². The maximum Gasteiger partial charge on any atom is 0.217 e. The van der Waals surface area contributed by atoms with Crippen molar-refractivity contribution in [3.05, 3.63) is 0 Å². The summed E-state index contributed by atoms with van der Waals surface area (Å²) in [5.41, 5.74) is 0. The number of rotatable bonds is 35. The molecule has 0 spiro atoms. The van der Waals surface area contributed by atoms with Gasteiger partial charge in [0.2, 0.25) is 35.4 Å². The second kappa shape index (κ2) is 49.4. The molecule has 11 saturated heterocycles. The lowest BCUT2D eigenvalue weighted by atomic mass is 9.93. The molecule has 138 heavy (non-hydrogen) atoms. The van der Waals surface area contributed by atoms with E-state index in [0.717, 1.165) is 41.5 Å². The van der Waals surface area contributed by atoms with Crippen molar-refractivity contribution in [1.82, 2.24) is 31.9 Å². The Balaban J connectivity index is 0.962. The van der Waals surface area contributed by atoms with E-state index in [0.29, 0.717) is 0 Å². The van der Waals surface area contributed by atoms with Gasteiger partial charge in [-0.2, -0.15) is 0 Å². The van der Waals surface area contributed by atoms with E-state index < -0.39 is 432 Å². The Morgan fingerprint density at radius 3 is 0.891 bits per heavy atom. The van der Waals surface area contributed by atoms with E-state index in [-0.39, 0.29) is 0 Å². The zero-order valence-corrected chi connectivity index (χ0v) is 75.2. The van der Waals surface area contributed by atoms with Gasteiger partial charge in [0.05, 0.1) is 71.7 Å². The molecule has 0 bridgehead atoms. The molecule has 11 fully saturated rings. The maximum absolute atomic E-state index is 13.7. The summed E-state index contributed by atoms with van der Waals surface area (Å²) in [7, 11) is 0. The normalized spacial score (nSPS) is 48.6. The van der Waals surface area contributed by atoms with Crippen molar-refractivity contribution in [3.8, 4) is 0 Å². The first kappa shape index (κ1) is 113. The Labute approximate surface area is 783 Å². The highest BCUT2D eigenvalue weighted by Gasteiger charge is 2.63. The largest absolute Gasteiger partial charge is 0.394 e. The van der Waals surface area contributed by atoms with Gasteiger partial charge in [-0.15, -0.1) is 0 Å². The summed E-state index contributed by atoms with van der Waals surface area (Å²) in [6.07, 6.45) is -103. The Morgan fingerprint density at radius 1 is 0.203 bits per heavy atom. The topological polar surface area (TPSA) is 915 Å². The van der Waals surface area contributed by atoms with Gasteiger partial charge < -0.3 is 269 Å². The quantitative estimate of drug-likeness (QED) is 0.0280. The fraction of sp³-hybridized carbons (Fsp3) is 0.923. The number of aliphatic hydroxyl groups is 27. The van der Waals surface area contributed by atoms with Crippen LogP contribution in [0, 0.1) is 0 Å². The van der Waals surface area contributed by atoms with Crippen molar-refractivity contribution in [2.45, 2.75) is 393 Å². The minimum absolute atomic E-state index is 0.824. The van der Waals surface area contributed by atoms with Gasteiger partial charge in [0.15, 0.2) is 69.2 Å². The van der Waals surface area contributed by atoms with Crippen molar-refractivity contribution in [3.63, 3.8) is 0 Å². The minimum atomic E-state index is -2.71. The van der Waals surface area contributed by atoms with Crippen LogP contribution in [0.15, 0.2) is 0 Å². The molecule has 0 aromatic heterocycles. The predicted molar refractivity (Wildman–Crippen MR) is 429 cm³/mol. The Kier molecular flexibility index (Phi) is 40.5. The van der Waals surface area contributed by atoms with E-state index in [4.69, 9.17) is 99.5 Å². The molecule has 0 aromatic rings. The Bertz CT molecular complexity index is 3880. The predicted octanol–water partition coefficient (Wildman–Crippen LogP) is -22.1. The number of hydrogen-bond acceptors (Lipinski definition) is 54. The van der Waals surface area contributed by atoms with E-state index in [1.54, 1.807) is 0 Å². The van der Waals surface area contributed by atoms with Crippen molar-refractivity contribution in [1.29, 1.82) is 0 Å². The highest BCUT2D eigenvalue weighted by molar-refractivity contribution is 5.75. The summed E-state index contributed by atoms with van der Waals surface area (Å²) in [5, 5.41) is 321. The molecule has 11 aliphatic heterocycles. The zero-order chi connectivity index (χ0) is 102. The van der Waals surface area contributed by atoms with Gasteiger partial charge in [0.25, 0.3) is 0 Å². The lowest BCUT2D eigenvalue weighted by molar-refractivity contribution is -0.402. The van der Waals surface area contributed by atoms with E-state index in [2.05, 4.69) is 31.9 Å². The third kappa shape index (κ3) is 25.4. The van der Waals surface area contributed by atoms with E-state index in [1.807, 2.05) is 0 Å². The first-order chi connectivity index (χ1) is 65.1. The molecule has 33 N–H and O–H groups in total. The van der Waals surface area contributed by atoms with Gasteiger partial charge in [-0.1, -0.05) is 0 Å². The van der Waals surface area contributed by atoms with Crippen LogP contribution in [0.4, 0.5) is 0 Å². The molecule has 6 amide bonds. The van der Waals surface area contributed by atoms with Gasteiger partial charge >= 0.3 is 0 Å². The monoisotopic (exact) mass is 2010 g/mol. The van der Waals surface area contributed by atoms with Crippen LogP contribution in [0.25, 0.3) is 0 Å². The fourth-order valence-electron chi connectivity index (χ4n) is 18.0. The molecule has 0 aromatic carbocycles. The molecular weight excluding hydrogens is 1880 g/mol.